The van der Waals surface area contributed by atoms with E-state index in [1.807, 2.05) is 59.2 Å². The maximum atomic E-state index is 12.6. The lowest BCUT2D eigenvalue weighted by Crippen LogP contribution is -2.27. The van der Waals surface area contributed by atoms with E-state index in [0.29, 0.717) is 35.5 Å². The number of thioether (sulfide) groups is 1. The Morgan fingerprint density at radius 2 is 1.90 bits per heavy atom. The third-order valence-corrected chi connectivity index (χ3v) is 6.55. The second kappa shape index (κ2) is 13.9. The first-order chi connectivity index (χ1) is 19.1. The van der Waals surface area contributed by atoms with E-state index in [-0.39, 0.29) is 12.5 Å². The average molecular weight is 547 g/mol. The van der Waals surface area contributed by atoms with Crippen LogP contribution < -0.4 is 20.2 Å². The van der Waals surface area contributed by atoms with Crippen LogP contribution in [-0.2, 0) is 24.5 Å². The van der Waals surface area contributed by atoms with Gasteiger partial charge in [0.15, 0.2) is 11.0 Å². The average Bonchev–Trinajstić information content (AvgIpc) is 3.58. The minimum Gasteiger partial charge on any atom is -0.497 e. The fourth-order valence-electron chi connectivity index (χ4n) is 3.42. The first-order valence-electron chi connectivity index (χ1n) is 12.2. The Hall–Kier alpha value is -4.51. The minimum absolute atomic E-state index is 0.258. The van der Waals surface area contributed by atoms with Crippen molar-refractivity contribution in [2.45, 2.75) is 37.0 Å². The molecule has 1 atom stereocenters. The topological polar surface area (TPSA) is 116 Å². The Morgan fingerprint density at radius 1 is 1.13 bits per heavy atom. The molecule has 0 saturated heterocycles. The Kier molecular flexibility index (Phi) is 9.79. The third-order valence-electron chi connectivity index (χ3n) is 5.47. The number of anilines is 1. The molecular weight excluding hydrogens is 516 g/mol. The van der Waals surface area contributed by atoms with Crippen LogP contribution in [0.25, 0.3) is 0 Å². The first kappa shape index (κ1) is 27.5. The van der Waals surface area contributed by atoms with Crippen LogP contribution in [0.1, 0.15) is 24.3 Å². The highest BCUT2D eigenvalue weighted by Crippen LogP contribution is 2.23. The summed E-state index contributed by atoms with van der Waals surface area (Å²) < 4.78 is 18.5. The van der Waals surface area contributed by atoms with E-state index in [1.165, 1.54) is 18.0 Å². The van der Waals surface area contributed by atoms with Crippen molar-refractivity contribution < 1.29 is 18.7 Å². The second-order valence-corrected chi connectivity index (χ2v) is 9.59. The van der Waals surface area contributed by atoms with Crippen molar-refractivity contribution in [1.82, 2.24) is 20.2 Å². The fraction of sp³-hybridized carbons (Fsp3) is 0.214. The van der Waals surface area contributed by atoms with Crippen LogP contribution in [0.3, 0.4) is 0 Å². The molecule has 39 heavy (non-hydrogen) atoms. The summed E-state index contributed by atoms with van der Waals surface area (Å²) in [7, 11) is 1.61. The molecule has 0 aliphatic heterocycles. The van der Waals surface area contributed by atoms with Crippen LogP contribution in [0.5, 0.6) is 11.5 Å². The van der Waals surface area contributed by atoms with Crippen molar-refractivity contribution in [2.75, 3.05) is 12.4 Å². The molecule has 0 bridgehead atoms. The normalized spacial score (nSPS) is 11.7. The Labute approximate surface area is 231 Å². The number of furan rings is 1. The molecule has 0 radical (unpaired) electrons. The summed E-state index contributed by atoms with van der Waals surface area (Å²) in [4.78, 5) is 12.6. The summed E-state index contributed by atoms with van der Waals surface area (Å²) in [6, 6.07) is 20.7. The number of benzene rings is 2. The number of carbonyl (C=O) groups is 1. The van der Waals surface area contributed by atoms with Gasteiger partial charge >= 0.3 is 0 Å². The van der Waals surface area contributed by atoms with Gasteiger partial charge in [-0.1, -0.05) is 36.0 Å². The van der Waals surface area contributed by atoms with Gasteiger partial charge in [-0.05, 0) is 55.5 Å². The summed E-state index contributed by atoms with van der Waals surface area (Å²) in [5.74, 6) is 3.05. The molecule has 4 rings (SSSR count). The Morgan fingerprint density at radius 3 is 2.64 bits per heavy atom. The smallest absolute Gasteiger partial charge is 0.253 e. The number of carbonyl (C=O) groups excluding carboxylic acids is 1. The standard InChI is InChI=1S/C28H30N6O4S/c1-4-16-34-26(18-29-21-8-6-5-7-9-21)31-33-28(34)39-20(2)27(35)32-30-17-24-14-15-25(38-24)19-37-23-12-10-22(36-3)11-13-23/h4-15,17,20,29H,1,16,18-19H2,2-3H3,(H,32,35)/b30-17+. The van der Waals surface area contributed by atoms with Crippen molar-refractivity contribution in [3.05, 3.63) is 96.7 Å². The number of hydrogen-bond donors (Lipinski definition) is 2. The Balaban J connectivity index is 1.26. The number of methoxy groups -OCH3 is 1. The van der Waals surface area contributed by atoms with E-state index in [1.54, 1.807) is 32.2 Å². The summed E-state index contributed by atoms with van der Waals surface area (Å²) in [5, 5.41) is 16.1. The fourth-order valence-corrected chi connectivity index (χ4v) is 4.29. The molecule has 2 heterocycles. The van der Waals surface area contributed by atoms with Crippen LogP contribution in [0.15, 0.2) is 94.1 Å². The molecule has 0 spiro atoms. The number of rotatable bonds is 14. The monoisotopic (exact) mass is 546 g/mol. The van der Waals surface area contributed by atoms with E-state index in [4.69, 9.17) is 13.9 Å². The summed E-state index contributed by atoms with van der Waals surface area (Å²) in [6.07, 6.45) is 3.22. The molecule has 11 heteroatoms. The third kappa shape index (κ3) is 7.99. The van der Waals surface area contributed by atoms with E-state index in [9.17, 15) is 4.79 Å². The van der Waals surface area contributed by atoms with E-state index in [2.05, 4.69) is 32.6 Å². The van der Waals surface area contributed by atoms with Crippen molar-refractivity contribution in [1.29, 1.82) is 0 Å². The maximum Gasteiger partial charge on any atom is 0.253 e. The van der Waals surface area contributed by atoms with Crippen LogP contribution in [-0.4, -0.2) is 39.2 Å². The number of amides is 1. The molecule has 1 amide bonds. The lowest BCUT2D eigenvalue weighted by Gasteiger charge is -2.12. The van der Waals surface area contributed by atoms with Gasteiger partial charge < -0.3 is 23.8 Å². The number of hydrazone groups is 1. The van der Waals surface area contributed by atoms with Gasteiger partial charge in [-0.3, -0.25) is 4.79 Å². The zero-order valence-electron chi connectivity index (χ0n) is 21.7. The molecular formula is C28H30N6O4S. The van der Waals surface area contributed by atoms with Crippen LogP contribution in [0, 0.1) is 0 Å². The molecule has 1 unspecified atom stereocenters. The SMILES string of the molecule is C=CCn1c(CNc2ccccc2)nnc1SC(C)C(=O)N/N=C/c1ccc(COc2ccc(OC)cc2)o1. The molecule has 0 saturated carbocycles. The van der Waals surface area contributed by atoms with Crippen molar-refractivity contribution in [3.8, 4) is 11.5 Å². The molecule has 202 valence electrons. The van der Waals surface area contributed by atoms with Gasteiger partial charge in [0.1, 0.15) is 29.6 Å². The van der Waals surface area contributed by atoms with E-state index < -0.39 is 5.25 Å². The molecule has 0 aliphatic carbocycles. The second-order valence-electron chi connectivity index (χ2n) is 8.28. The van der Waals surface area contributed by atoms with Gasteiger partial charge in [0.05, 0.1) is 25.1 Å². The van der Waals surface area contributed by atoms with Crippen molar-refractivity contribution in [3.63, 3.8) is 0 Å². The number of nitrogens with zero attached hydrogens (tertiary/aromatic N) is 4. The summed E-state index contributed by atoms with van der Waals surface area (Å²) in [6.45, 7) is 6.89. The summed E-state index contributed by atoms with van der Waals surface area (Å²) >= 11 is 1.30. The molecule has 10 nitrogen and oxygen atoms in total. The van der Waals surface area contributed by atoms with Crippen molar-refractivity contribution in [2.24, 2.45) is 5.10 Å². The number of allylic oxidation sites excluding steroid dienone is 1. The quantitative estimate of drug-likeness (QED) is 0.0994. The van der Waals surface area contributed by atoms with Gasteiger partial charge in [0, 0.05) is 12.2 Å². The lowest BCUT2D eigenvalue weighted by molar-refractivity contribution is -0.120. The predicted molar refractivity (Wildman–Crippen MR) is 151 cm³/mol. The summed E-state index contributed by atoms with van der Waals surface area (Å²) in [5.41, 5.74) is 3.54. The highest BCUT2D eigenvalue weighted by atomic mass is 32.2. The molecule has 2 N–H and O–H groups in total. The number of hydrogen-bond acceptors (Lipinski definition) is 9. The predicted octanol–water partition coefficient (Wildman–Crippen LogP) is 4.89. The van der Waals surface area contributed by atoms with Gasteiger partial charge in [-0.15, -0.1) is 16.8 Å². The molecule has 0 fully saturated rings. The van der Waals surface area contributed by atoms with Gasteiger partial charge in [0.2, 0.25) is 0 Å². The zero-order valence-corrected chi connectivity index (χ0v) is 22.6. The maximum absolute atomic E-state index is 12.6. The zero-order chi connectivity index (χ0) is 27.5. The van der Waals surface area contributed by atoms with Gasteiger partial charge in [0.25, 0.3) is 5.91 Å². The van der Waals surface area contributed by atoms with Crippen LogP contribution in [0.2, 0.25) is 0 Å². The lowest BCUT2D eigenvalue weighted by atomic mass is 10.3. The van der Waals surface area contributed by atoms with Gasteiger partial charge in [-0.2, -0.15) is 5.10 Å². The number of ether oxygens (including phenoxy) is 2. The molecule has 2 aromatic heterocycles. The molecule has 0 aliphatic rings. The number of aromatic nitrogens is 3. The number of nitrogens with one attached hydrogen (secondary N) is 2. The number of para-hydroxylation sites is 1. The van der Waals surface area contributed by atoms with Crippen LogP contribution in [0.4, 0.5) is 5.69 Å². The molecule has 2 aromatic carbocycles. The van der Waals surface area contributed by atoms with E-state index in [0.717, 1.165) is 17.3 Å². The molecule has 4 aromatic rings. The highest BCUT2D eigenvalue weighted by molar-refractivity contribution is 8.00. The first-order valence-corrected chi connectivity index (χ1v) is 13.1. The Bertz CT molecular complexity index is 1380. The van der Waals surface area contributed by atoms with Crippen molar-refractivity contribution >= 4 is 29.6 Å². The highest BCUT2D eigenvalue weighted by Gasteiger charge is 2.19. The van der Waals surface area contributed by atoms with Gasteiger partial charge in [-0.25, -0.2) is 5.43 Å². The minimum atomic E-state index is -0.463. The van der Waals surface area contributed by atoms with E-state index >= 15 is 0 Å². The largest absolute Gasteiger partial charge is 0.497 e. The van der Waals surface area contributed by atoms with Crippen LogP contribution >= 0.6 is 11.8 Å².